The average Bonchev–Trinajstić information content (AvgIpc) is 2.95. The molecule has 2 atom stereocenters. The minimum atomic E-state index is -0.617. The predicted octanol–water partition coefficient (Wildman–Crippen LogP) is 7.91. The highest BCUT2D eigenvalue weighted by molar-refractivity contribution is 6.31. The summed E-state index contributed by atoms with van der Waals surface area (Å²) < 4.78 is 18.2. The highest BCUT2D eigenvalue weighted by atomic mass is 35.5. The maximum absolute atomic E-state index is 11.1. The van der Waals surface area contributed by atoms with Crippen LogP contribution in [0.2, 0.25) is 5.02 Å². The molecule has 1 aromatic heterocycles. The Kier molecular flexibility index (Phi) is 8.83. The number of nitrogens with zero attached hydrogens (tertiary/aromatic N) is 1. The Bertz CT molecular complexity index is 1400. The summed E-state index contributed by atoms with van der Waals surface area (Å²) in [6.07, 6.45) is 3.68. The van der Waals surface area contributed by atoms with Crippen LogP contribution >= 0.6 is 11.6 Å². The maximum atomic E-state index is 11.1. The molecule has 6 heteroatoms. The summed E-state index contributed by atoms with van der Waals surface area (Å²) in [6, 6.07) is 25.6. The molecule has 0 amide bonds. The van der Waals surface area contributed by atoms with Crippen LogP contribution in [0.25, 0.3) is 10.9 Å². The highest BCUT2D eigenvalue weighted by Crippen LogP contribution is 2.33. The lowest BCUT2D eigenvalue weighted by Crippen LogP contribution is -2.33. The van der Waals surface area contributed by atoms with Crippen LogP contribution in [0.15, 0.2) is 78.9 Å². The monoisotopic (exact) mass is 545 g/mol. The number of aliphatic hydroxyl groups excluding tert-OH is 1. The summed E-state index contributed by atoms with van der Waals surface area (Å²) in [5, 5.41) is 12.8. The summed E-state index contributed by atoms with van der Waals surface area (Å²) in [6.45, 7) is 5.28. The van der Waals surface area contributed by atoms with E-state index < -0.39 is 11.7 Å². The molecule has 3 aromatic carbocycles. The van der Waals surface area contributed by atoms with Gasteiger partial charge in [-0.25, -0.2) is 4.98 Å². The minimum absolute atomic E-state index is 0.169. The molecule has 5 nitrogen and oxygen atoms in total. The fraction of sp³-hybridized carbons (Fsp3) is 0.364. The van der Waals surface area contributed by atoms with Gasteiger partial charge in [-0.15, -0.1) is 0 Å². The number of pyridine rings is 1. The van der Waals surface area contributed by atoms with E-state index in [4.69, 9.17) is 25.8 Å². The summed E-state index contributed by atoms with van der Waals surface area (Å²) in [4.78, 5) is 4.66. The summed E-state index contributed by atoms with van der Waals surface area (Å²) in [5.41, 5.74) is 4.30. The molecule has 204 valence electrons. The lowest BCUT2D eigenvalue weighted by atomic mass is 9.89. The lowest BCUT2D eigenvalue weighted by molar-refractivity contribution is -0.219. The Morgan fingerprint density at radius 3 is 2.72 bits per heavy atom. The van der Waals surface area contributed by atoms with Crippen molar-refractivity contribution in [3.63, 3.8) is 0 Å². The van der Waals surface area contributed by atoms with Gasteiger partial charge in [0.05, 0.1) is 22.9 Å². The number of hydrogen-bond acceptors (Lipinski definition) is 5. The van der Waals surface area contributed by atoms with Gasteiger partial charge < -0.3 is 19.3 Å². The molecule has 5 rings (SSSR count). The average molecular weight is 546 g/mol. The molecule has 0 bridgehead atoms. The molecule has 1 fully saturated rings. The second-order valence-corrected chi connectivity index (χ2v) is 11.1. The smallest absolute Gasteiger partial charge is 0.158 e. The topological polar surface area (TPSA) is 60.8 Å². The second kappa shape index (κ2) is 12.5. The predicted molar refractivity (Wildman–Crippen MR) is 155 cm³/mol. The Morgan fingerprint density at radius 2 is 1.87 bits per heavy atom. The Labute approximate surface area is 235 Å². The van der Waals surface area contributed by atoms with Crippen LogP contribution in [0.4, 0.5) is 0 Å². The number of aryl methyl sites for hydroxylation is 1. The normalized spacial score (nSPS) is 16.8. The van der Waals surface area contributed by atoms with Gasteiger partial charge in [0, 0.05) is 17.0 Å². The van der Waals surface area contributed by atoms with Crippen molar-refractivity contribution in [3.05, 3.63) is 106 Å². The number of aromatic nitrogens is 1. The van der Waals surface area contributed by atoms with Crippen molar-refractivity contribution >= 4 is 22.5 Å². The number of aliphatic hydroxyl groups is 1. The number of hydrogen-bond donors (Lipinski definition) is 1. The van der Waals surface area contributed by atoms with E-state index in [1.54, 1.807) is 0 Å². The van der Waals surface area contributed by atoms with Gasteiger partial charge in [0.1, 0.15) is 12.4 Å². The lowest BCUT2D eigenvalue weighted by Gasteiger charge is -2.34. The van der Waals surface area contributed by atoms with Gasteiger partial charge >= 0.3 is 0 Å². The standard InChI is InChI=1S/C33H36ClNO4/c1-33(2,39-32-12-5-6-19-37-32)29-11-4-3-8-23(29)15-18-31(36)25-9-7-10-28(20-25)38-22-27-17-14-24-13-16-26(34)21-30(24)35-27/h3-4,7-11,13-14,16-17,20-21,31-32,36H,5-6,12,15,18-19,22H2,1-2H3/t31-,32?/m0/s1. The van der Waals surface area contributed by atoms with Crippen molar-refractivity contribution in [2.24, 2.45) is 0 Å². The highest BCUT2D eigenvalue weighted by Gasteiger charge is 2.29. The minimum Gasteiger partial charge on any atom is -0.487 e. The quantitative estimate of drug-likeness (QED) is 0.219. The number of fused-ring (bicyclic) bond motifs is 1. The van der Waals surface area contributed by atoms with Gasteiger partial charge in [-0.05, 0) is 93.0 Å². The molecule has 2 heterocycles. The largest absolute Gasteiger partial charge is 0.487 e. The van der Waals surface area contributed by atoms with Crippen molar-refractivity contribution < 1.29 is 19.3 Å². The van der Waals surface area contributed by atoms with Crippen LogP contribution in [0, 0.1) is 0 Å². The first-order chi connectivity index (χ1) is 18.9. The van der Waals surface area contributed by atoms with E-state index in [9.17, 15) is 5.11 Å². The summed E-state index contributed by atoms with van der Waals surface area (Å²) in [5.74, 6) is 0.696. The molecule has 0 spiro atoms. The maximum Gasteiger partial charge on any atom is 0.158 e. The molecule has 1 aliphatic heterocycles. The van der Waals surface area contributed by atoms with Crippen LogP contribution in [-0.4, -0.2) is 23.0 Å². The number of ether oxygens (including phenoxy) is 3. The Hall–Kier alpha value is -2.96. The van der Waals surface area contributed by atoms with Gasteiger partial charge in [-0.3, -0.25) is 0 Å². The van der Waals surface area contributed by atoms with Gasteiger partial charge in [0.15, 0.2) is 6.29 Å². The van der Waals surface area contributed by atoms with Crippen LogP contribution in [0.3, 0.4) is 0 Å². The molecule has 1 saturated heterocycles. The van der Waals surface area contributed by atoms with E-state index >= 15 is 0 Å². The first-order valence-corrected chi connectivity index (χ1v) is 14.1. The molecule has 1 unspecified atom stereocenters. The fourth-order valence-corrected chi connectivity index (χ4v) is 5.33. The van der Waals surface area contributed by atoms with Crippen molar-refractivity contribution in [1.82, 2.24) is 4.98 Å². The molecule has 0 radical (unpaired) electrons. The second-order valence-electron chi connectivity index (χ2n) is 10.6. The Balaban J connectivity index is 1.21. The zero-order valence-corrected chi connectivity index (χ0v) is 23.4. The number of benzene rings is 3. The van der Waals surface area contributed by atoms with Crippen LogP contribution < -0.4 is 4.74 Å². The van der Waals surface area contributed by atoms with Crippen molar-refractivity contribution in [2.45, 2.75) is 70.6 Å². The van der Waals surface area contributed by atoms with E-state index in [2.05, 4.69) is 31.0 Å². The summed E-state index contributed by atoms with van der Waals surface area (Å²) in [7, 11) is 0. The van der Waals surface area contributed by atoms with Gasteiger partial charge in [-0.1, -0.05) is 60.1 Å². The van der Waals surface area contributed by atoms with Crippen molar-refractivity contribution in [1.29, 1.82) is 0 Å². The fourth-order valence-electron chi connectivity index (χ4n) is 5.16. The molecule has 4 aromatic rings. The van der Waals surface area contributed by atoms with E-state index in [-0.39, 0.29) is 6.29 Å². The van der Waals surface area contributed by atoms with E-state index in [0.29, 0.717) is 23.8 Å². The molecule has 0 saturated carbocycles. The van der Waals surface area contributed by atoms with Crippen molar-refractivity contribution in [2.75, 3.05) is 6.61 Å². The number of rotatable bonds is 10. The zero-order chi connectivity index (χ0) is 27.2. The van der Waals surface area contributed by atoms with Crippen LogP contribution in [-0.2, 0) is 28.1 Å². The molecular weight excluding hydrogens is 510 g/mol. The molecule has 1 N–H and O–H groups in total. The van der Waals surface area contributed by atoms with Gasteiger partial charge in [-0.2, -0.15) is 0 Å². The van der Waals surface area contributed by atoms with Gasteiger partial charge in [0.2, 0.25) is 0 Å². The third-order valence-corrected chi connectivity index (χ3v) is 7.49. The molecule has 1 aliphatic rings. The van der Waals surface area contributed by atoms with E-state index in [1.807, 2.05) is 66.7 Å². The zero-order valence-electron chi connectivity index (χ0n) is 22.6. The third kappa shape index (κ3) is 7.17. The van der Waals surface area contributed by atoms with E-state index in [0.717, 1.165) is 60.0 Å². The molecular formula is C33H36ClNO4. The molecule has 0 aliphatic carbocycles. The SMILES string of the molecule is CC(C)(OC1CCCCO1)c1ccccc1CC[C@H](O)c1cccc(OCc2ccc3ccc(Cl)cc3n2)c1. The third-order valence-electron chi connectivity index (χ3n) is 7.26. The Morgan fingerprint density at radius 1 is 1.03 bits per heavy atom. The first-order valence-electron chi connectivity index (χ1n) is 13.7. The van der Waals surface area contributed by atoms with Gasteiger partial charge in [0.25, 0.3) is 0 Å². The first kappa shape index (κ1) is 27.6. The van der Waals surface area contributed by atoms with E-state index in [1.165, 1.54) is 5.56 Å². The van der Waals surface area contributed by atoms with Crippen LogP contribution in [0.1, 0.15) is 68.0 Å². The molecule has 39 heavy (non-hydrogen) atoms. The van der Waals surface area contributed by atoms with Crippen LogP contribution in [0.5, 0.6) is 5.75 Å². The van der Waals surface area contributed by atoms with Crippen molar-refractivity contribution in [3.8, 4) is 5.75 Å². The number of halogens is 1. The summed E-state index contributed by atoms with van der Waals surface area (Å²) >= 11 is 6.12.